The SMILES string of the molecule is CCc1c(C2CNC(C)C(C)CO2)oc2ccccc12. The van der Waals surface area contributed by atoms with Gasteiger partial charge in [0.25, 0.3) is 0 Å². The Kier molecular flexibility index (Phi) is 3.81. The van der Waals surface area contributed by atoms with Gasteiger partial charge in [-0.25, -0.2) is 0 Å². The fraction of sp³-hybridized carbons (Fsp3) is 0.529. The normalized spacial score (nSPS) is 27.6. The average molecular weight is 273 g/mol. The molecule has 0 radical (unpaired) electrons. The summed E-state index contributed by atoms with van der Waals surface area (Å²) >= 11 is 0. The third kappa shape index (κ3) is 2.36. The Balaban J connectivity index is 1.97. The molecule has 3 atom stereocenters. The van der Waals surface area contributed by atoms with Gasteiger partial charge in [-0.05, 0) is 25.3 Å². The molecule has 108 valence electrons. The van der Waals surface area contributed by atoms with Crippen LogP contribution in [0, 0.1) is 5.92 Å². The third-order valence-electron chi connectivity index (χ3n) is 4.41. The molecule has 0 amide bonds. The minimum atomic E-state index is 0.0183. The van der Waals surface area contributed by atoms with Gasteiger partial charge in [0.2, 0.25) is 0 Å². The maximum Gasteiger partial charge on any atom is 0.138 e. The van der Waals surface area contributed by atoms with Crippen LogP contribution in [0.15, 0.2) is 28.7 Å². The number of benzene rings is 1. The van der Waals surface area contributed by atoms with Gasteiger partial charge in [-0.15, -0.1) is 0 Å². The van der Waals surface area contributed by atoms with E-state index >= 15 is 0 Å². The molecule has 0 aliphatic carbocycles. The van der Waals surface area contributed by atoms with Gasteiger partial charge < -0.3 is 14.5 Å². The van der Waals surface area contributed by atoms with Crippen molar-refractivity contribution >= 4 is 11.0 Å². The fourth-order valence-corrected chi connectivity index (χ4v) is 2.88. The van der Waals surface area contributed by atoms with Gasteiger partial charge >= 0.3 is 0 Å². The van der Waals surface area contributed by atoms with E-state index in [9.17, 15) is 0 Å². The molecule has 2 aromatic rings. The number of para-hydroxylation sites is 1. The van der Waals surface area contributed by atoms with Crippen LogP contribution in [0.2, 0.25) is 0 Å². The first-order chi connectivity index (χ1) is 9.70. The lowest BCUT2D eigenvalue weighted by Crippen LogP contribution is -2.32. The molecule has 1 fully saturated rings. The lowest BCUT2D eigenvalue weighted by Gasteiger charge is -2.15. The Hall–Kier alpha value is -1.32. The van der Waals surface area contributed by atoms with Gasteiger partial charge in [0.15, 0.2) is 0 Å². The highest BCUT2D eigenvalue weighted by molar-refractivity contribution is 5.82. The van der Waals surface area contributed by atoms with Crippen molar-refractivity contribution in [2.75, 3.05) is 13.2 Å². The third-order valence-corrected chi connectivity index (χ3v) is 4.41. The Morgan fingerprint density at radius 3 is 2.85 bits per heavy atom. The fourth-order valence-electron chi connectivity index (χ4n) is 2.88. The lowest BCUT2D eigenvalue weighted by molar-refractivity contribution is 0.0364. The number of hydrogen-bond acceptors (Lipinski definition) is 3. The number of rotatable bonds is 2. The molecule has 20 heavy (non-hydrogen) atoms. The van der Waals surface area contributed by atoms with E-state index in [1.165, 1.54) is 10.9 Å². The topological polar surface area (TPSA) is 34.4 Å². The number of nitrogens with one attached hydrogen (secondary N) is 1. The minimum absolute atomic E-state index is 0.0183. The van der Waals surface area contributed by atoms with Gasteiger partial charge in [0.1, 0.15) is 17.4 Å². The Labute approximate surface area is 120 Å². The summed E-state index contributed by atoms with van der Waals surface area (Å²) in [6, 6.07) is 8.74. The van der Waals surface area contributed by atoms with E-state index < -0.39 is 0 Å². The molecule has 1 N–H and O–H groups in total. The molecular weight excluding hydrogens is 250 g/mol. The van der Waals surface area contributed by atoms with Crippen molar-refractivity contribution in [1.82, 2.24) is 5.32 Å². The molecular formula is C17H23NO2. The molecule has 3 nitrogen and oxygen atoms in total. The lowest BCUT2D eigenvalue weighted by atomic mass is 10.1. The van der Waals surface area contributed by atoms with Gasteiger partial charge in [0.05, 0.1) is 6.61 Å². The van der Waals surface area contributed by atoms with Crippen molar-refractivity contribution in [3.8, 4) is 0 Å². The molecule has 3 heteroatoms. The summed E-state index contributed by atoms with van der Waals surface area (Å²) in [5.74, 6) is 1.52. The van der Waals surface area contributed by atoms with Crippen LogP contribution < -0.4 is 5.32 Å². The van der Waals surface area contributed by atoms with E-state index in [-0.39, 0.29) is 6.10 Å². The number of furan rings is 1. The summed E-state index contributed by atoms with van der Waals surface area (Å²) in [6.45, 7) is 8.21. The first kappa shape index (κ1) is 13.7. The summed E-state index contributed by atoms with van der Waals surface area (Å²) in [4.78, 5) is 0. The first-order valence-electron chi connectivity index (χ1n) is 7.56. The van der Waals surface area contributed by atoms with Crippen LogP contribution in [0.3, 0.4) is 0 Å². The van der Waals surface area contributed by atoms with E-state index in [4.69, 9.17) is 9.15 Å². The average Bonchev–Trinajstić information content (AvgIpc) is 2.76. The highest BCUT2D eigenvalue weighted by Crippen LogP contribution is 2.33. The van der Waals surface area contributed by atoms with Crippen LogP contribution in [0.25, 0.3) is 11.0 Å². The quantitative estimate of drug-likeness (QED) is 0.906. The zero-order chi connectivity index (χ0) is 14.1. The summed E-state index contributed by atoms with van der Waals surface area (Å²) in [6.07, 6.45) is 0.988. The van der Waals surface area contributed by atoms with Crippen molar-refractivity contribution < 1.29 is 9.15 Å². The smallest absolute Gasteiger partial charge is 0.138 e. The summed E-state index contributed by atoms with van der Waals surface area (Å²) in [5, 5.41) is 4.77. The molecule has 0 saturated carbocycles. The van der Waals surface area contributed by atoms with Crippen LogP contribution in [0.1, 0.15) is 38.2 Å². The molecule has 1 aromatic heterocycles. The number of fused-ring (bicyclic) bond motifs is 1. The van der Waals surface area contributed by atoms with Crippen LogP contribution in [0.5, 0.6) is 0 Å². The van der Waals surface area contributed by atoms with Crippen molar-refractivity contribution in [2.45, 2.75) is 39.3 Å². The standard InChI is InChI=1S/C17H23NO2/c1-4-13-14-7-5-6-8-15(14)20-17(13)16-9-18-12(3)11(2)10-19-16/h5-8,11-12,16,18H,4,9-10H2,1-3H3. The summed E-state index contributed by atoms with van der Waals surface area (Å²) < 4.78 is 12.2. The molecule has 1 aliphatic rings. The second-order valence-electron chi connectivity index (χ2n) is 5.79. The van der Waals surface area contributed by atoms with Crippen LogP contribution >= 0.6 is 0 Å². The van der Waals surface area contributed by atoms with Gasteiger partial charge in [0, 0.05) is 23.5 Å². The van der Waals surface area contributed by atoms with Crippen LogP contribution in [-0.4, -0.2) is 19.2 Å². The molecule has 3 unspecified atom stereocenters. The predicted octanol–water partition coefficient (Wildman–Crippen LogP) is 3.68. The van der Waals surface area contributed by atoms with Gasteiger partial charge in [-0.3, -0.25) is 0 Å². The Bertz CT molecular complexity index is 578. The summed E-state index contributed by atoms with van der Waals surface area (Å²) in [7, 11) is 0. The number of aryl methyl sites for hydroxylation is 1. The van der Waals surface area contributed by atoms with Crippen molar-refractivity contribution in [1.29, 1.82) is 0 Å². The van der Waals surface area contributed by atoms with Crippen molar-refractivity contribution in [3.05, 3.63) is 35.6 Å². The second kappa shape index (κ2) is 5.58. The molecule has 0 spiro atoms. The zero-order valence-electron chi connectivity index (χ0n) is 12.5. The van der Waals surface area contributed by atoms with Gasteiger partial charge in [-0.1, -0.05) is 32.0 Å². The van der Waals surface area contributed by atoms with E-state index in [0.29, 0.717) is 12.0 Å². The largest absolute Gasteiger partial charge is 0.458 e. The second-order valence-corrected chi connectivity index (χ2v) is 5.79. The zero-order valence-corrected chi connectivity index (χ0v) is 12.5. The Morgan fingerprint density at radius 1 is 1.25 bits per heavy atom. The van der Waals surface area contributed by atoms with E-state index in [1.54, 1.807) is 0 Å². The molecule has 1 saturated heterocycles. The van der Waals surface area contributed by atoms with Crippen LogP contribution in [-0.2, 0) is 11.2 Å². The molecule has 1 aliphatic heterocycles. The van der Waals surface area contributed by atoms with Crippen molar-refractivity contribution in [2.24, 2.45) is 5.92 Å². The molecule has 0 bridgehead atoms. The highest BCUT2D eigenvalue weighted by atomic mass is 16.5. The molecule has 1 aromatic carbocycles. The van der Waals surface area contributed by atoms with E-state index in [2.05, 4.69) is 38.2 Å². The maximum absolute atomic E-state index is 6.09. The minimum Gasteiger partial charge on any atom is -0.458 e. The monoisotopic (exact) mass is 273 g/mol. The number of ether oxygens (including phenoxy) is 1. The van der Waals surface area contributed by atoms with E-state index in [0.717, 1.165) is 30.9 Å². The molecule has 2 heterocycles. The van der Waals surface area contributed by atoms with Crippen molar-refractivity contribution in [3.63, 3.8) is 0 Å². The Morgan fingerprint density at radius 2 is 2.05 bits per heavy atom. The highest BCUT2D eigenvalue weighted by Gasteiger charge is 2.27. The first-order valence-corrected chi connectivity index (χ1v) is 7.56. The van der Waals surface area contributed by atoms with E-state index in [1.807, 2.05) is 12.1 Å². The number of hydrogen-bond donors (Lipinski definition) is 1. The maximum atomic E-state index is 6.09. The van der Waals surface area contributed by atoms with Crippen LogP contribution in [0.4, 0.5) is 0 Å². The predicted molar refractivity (Wildman–Crippen MR) is 80.9 cm³/mol. The van der Waals surface area contributed by atoms with Gasteiger partial charge in [-0.2, -0.15) is 0 Å². The molecule has 3 rings (SSSR count). The summed E-state index contributed by atoms with van der Waals surface area (Å²) in [5.41, 5.74) is 2.25.